The number of ether oxygens (including phenoxy) is 3. The van der Waals surface area contributed by atoms with E-state index in [0.29, 0.717) is 19.3 Å². The molecule has 0 aromatic carbocycles. The monoisotopic (exact) mass is 1120 g/mol. The lowest BCUT2D eigenvalue weighted by Gasteiger charge is -2.18. The number of rotatable bonds is 60. The van der Waals surface area contributed by atoms with E-state index in [4.69, 9.17) is 14.2 Å². The largest absolute Gasteiger partial charge is 0.462 e. The van der Waals surface area contributed by atoms with Gasteiger partial charge < -0.3 is 14.2 Å². The maximum absolute atomic E-state index is 12.9. The minimum Gasteiger partial charge on any atom is -0.462 e. The first kappa shape index (κ1) is 76.5. The summed E-state index contributed by atoms with van der Waals surface area (Å²) in [5.41, 5.74) is 0. The van der Waals surface area contributed by atoms with Crippen LogP contribution < -0.4 is 0 Å². The summed E-state index contributed by atoms with van der Waals surface area (Å²) in [6, 6.07) is 0. The molecule has 0 aliphatic carbocycles. The summed E-state index contributed by atoms with van der Waals surface area (Å²) in [5.74, 6) is -0.905. The van der Waals surface area contributed by atoms with E-state index in [2.05, 4.69) is 154 Å². The lowest BCUT2D eigenvalue weighted by Crippen LogP contribution is -2.30. The second-order valence-electron chi connectivity index (χ2n) is 22.0. The van der Waals surface area contributed by atoms with E-state index >= 15 is 0 Å². The Morgan fingerprint density at radius 1 is 0.259 bits per heavy atom. The number of hydrogen-bond acceptors (Lipinski definition) is 6. The van der Waals surface area contributed by atoms with Crippen LogP contribution >= 0.6 is 0 Å². The lowest BCUT2D eigenvalue weighted by atomic mass is 10.0. The molecule has 0 aliphatic heterocycles. The Labute approximate surface area is 500 Å². The predicted molar refractivity (Wildman–Crippen MR) is 353 cm³/mol. The first-order chi connectivity index (χ1) is 40.0. The highest BCUT2D eigenvalue weighted by atomic mass is 16.6. The van der Waals surface area contributed by atoms with Gasteiger partial charge >= 0.3 is 17.9 Å². The predicted octanol–water partition coefficient (Wildman–Crippen LogP) is 23.3. The van der Waals surface area contributed by atoms with Crippen molar-refractivity contribution in [2.75, 3.05) is 13.2 Å². The third-order valence-electron chi connectivity index (χ3n) is 14.2. The smallest absolute Gasteiger partial charge is 0.306 e. The summed E-state index contributed by atoms with van der Waals surface area (Å²) < 4.78 is 16.9. The first-order valence-corrected chi connectivity index (χ1v) is 33.7. The van der Waals surface area contributed by atoms with Gasteiger partial charge in [0.15, 0.2) is 6.10 Å². The Morgan fingerprint density at radius 3 is 0.753 bits per heavy atom. The SMILES string of the molecule is CC/C=C\C/C=C\C/C=C\C/C=C\C/C=C\C/C=C\CCCCCCCCCCCCC(=O)OCC(COC(=O)CCCCCCCCCCCCCCC)OC(=O)CCCCCCC/C=C\C/C=C\C/C=C\C/C=C\C/C=C\CC. The third-order valence-corrected chi connectivity index (χ3v) is 14.2. The van der Waals surface area contributed by atoms with Crippen LogP contribution in [0.15, 0.2) is 134 Å². The maximum Gasteiger partial charge on any atom is 0.306 e. The van der Waals surface area contributed by atoms with Gasteiger partial charge in [0.25, 0.3) is 0 Å². The van der Waals surface area contributed by atoms with E-state index in [-0.39, 0.29) is 31.1 Å². The Hall–Kier alpha value is -4.45. The number of allylic oxidation sites excluding steroid dienone is 22. The maximum atomic E-state index is 12.9. The summed E-state index contributed by atoms with van der Waals surface area (Å²) in [7, 11) is 0. The molecular formula is C75H124O6. The van der Waals surface area contributed by atoms with E-state index in [9.17, 15) is 14.4 Å². The fraction of sp³-hybridized carbons (Fsp3) is 0.667. The van der Waals surface area contributed by atoms with Crippen molar-refractivity contribution in [1.82, 2.24) is 0 Å². The van der Waals surface area contributed by atoms with Crippen LogP contribution in [0.3, 0.4) is 0 Å². The molecule has 460 valence electrons. The van der Waals surface area contributed by atoms with Crippen LogP contribution in [0.1, 0.15) is 303 Å². The van der Waals surface area contributed by atoms with Crippen LogP contribution in [0.25, 0.3) is 0 Å². The Bertz CT molecular complexity index is 1720. The second kappa shape index (κ2) is 68.1. The number of carbonyl (C=O) groups excluding carboxylic acids is 3. The zero-order valence-corrected chi connectivity index (χ0v) is 52.8. The van der Waals surface area contributed by atoms with E-state index in [1.165, 1.54) is 116 Å². The normalized spacial score (nSPS) is 13.0. The van der Waals surface area contributed by atoms with Crippen molar-refractivity contribution >= 4 is 17.9 Å². The third kappa shape index (κ3) is 66.2. The zero-order valence-electron chi connectivity index (χ0n) is 52.8. The van der Waals surface area contributed by atoms with Gasteiger partial charge in [0.2, 0.25) is 0 Å². The Balaban J connectivity index is 4.35. The van der Waals surface area contributed by atoms with Crippen molar-refractivity contribution in [3.63, 3.8) is 0 Å². The molecule has 0 fully saturated rings. The van der Waals surface area contributed by atoms with Gasteiger partial charge in [-0.15, -0.1) is 0 Å². The molecule has 0 aromatic rings. The van der Waals surface area contributed by atoms with Crippen molar-refractivity contribution in [2.24, 2.45) is 0 Å². The van der Waals surface area contributed by atoms with Gasteiger partial charge in [-0.25, -0.2) is 0 Å². The minimum absolute atomic E-state index is 0.0877. The second-order valence-corrected chi connectivity index (χ2v) is 22.0. The molecule has 0 amide bonds. The molecule has 0 heterocycles. The number of hydrogen-bond donors (Lipinski definition) is 0. The van der Waals surface area contributed by atoms with Crippen LogP contribution in [-0.2, 0) is 28.6 Å². The molecule has 0 saturated carbocycles. The topological polar surface area (TPSA) is 78.9 Å². The molecule has 0 saturated heterocycles. The quantitative estimate of drug-likeness (QED) is 0.0261. The van der Waals surface area contributed by atoms with E-state index in [0.717, 1.165) is 148 Å². The molecule has 81 heavy (non-hydrogen) atoms. The van der Waals surface area contributed by atoms with Gasteiger partial charge in [0, 0.05) is 19.3 Å². The molecule has 1 unspecified atom stereocenters. The van der Waals surface area contributed by atoms with Crippen LogP contribution in [-0.4, -0.2) is 37.2 Å². The summed E-state index contributed by atoms with van der Waals surface area (Å²) in [4.78, 5) is 38.4. The Kier molecular flexibility index (Phi) is 64.3. The molecule has 0 rings (SSSR count). The van der Waals surface area contributed by atoms with Gasteiger partial charge in [-0.05, 0) is 116 Å². The van der Waals surface area contributed by atoms with E-state index < -0.39 is 6.10 Å². The highest BCUT2D eigenvalue weighted by Gasteiger charge is 2.19. The molecule has 0 aliphatic rings. The standard InChI is InChI=1S/C75H124O6/c1-4-7-10-13-16-19-22-25-27-29-31-33-34-35-36-37-38-39-40-42-43-45-47-50-53-56-59-62-65-68-74(77)80-71-72(70-79-73(76)67-64-61-58-55-52-49-24-21-18-15-12-9-6-3)81-75(78)69-66-63-60-57-54-51-48-46-44-41-32-30-28-26-23-20-17-14-11-8-5-2/h7-8,10-11,16-17,19-20,25-28,31-33,35-36,38-39,41,46,48,72H,4-6,9,12-15,18,21-24,29-30,34,37,40,42-45,47,49-71H2,1-3H3/b10-7-,11-8-,19-16-,20-17-,27-25-,28-26-,33-31-,36-35-,39-38-,41-32-,48-46-. The van der Waals surface area contributed by atoms with Crippen LogP contribution in [0.5, 0.6) is 0 Å². The molecule has 6 heteroatoms. The number of unbranched alkanes of at least 4 members (excludes halogenated alkanes) is 27. The van der Waals surface area contributed by atoms with Crippen molar-refractivity contribution in [3.8, 4) is 0 Å². The summed E-state index contributed by atoms with van der Waals surface area (Å²) in [5, 5.41) is 0. The highest BCUT2D eigenvalue weighted by molar-refractivity contribution is 5.71. The van der Waals surface area contributed by atoms with Crippen LogP contribution in [0.2, 0.25) is 0 Å². The summed E-state index contributed by atoms with van der Waals surface area (Å²) in [6.45, 7) is 6.41. The molecule has 0 spiro atoms. The van der Waals surface area contributed by atoms with Gasteiger partial charge in [-0.1, -0.05) is 302 Å². The van der Waals surface area contributed by atoms with E-state index in [1.54, 1.807) is 0 Å². The first-order valence-electron chi connectivity index (χ1n) is 33.7. The van der Waals surface area contributed by atoms with Crippen molar-refractivity contribution in [3.05, 3.63) is 134 Å². The summed E-state index contributed by atoms with van der Waals surface area (Å²) in [6.07, 6.45) is 96.0. The summed E-state index contributed by atoms with van der Waals surface area (Å²) >= 11 is 0. The van der Waals surface area contributed by atoms with Crippen molar-refractivity contribution in [2.45, 2.75) is 309 Å². The number of carbonyl (C=O) groups is 3. The molecule has 0 aromatic heterocycles. The molecule has 0 radical (unpaired) electrons. The van der Waals surface area contributed by atoms with Gasteiger partial charge in [0.1, 0.15) is 13.2 Å². The molecule has 0 N–H and O–H groups in total. The highest BCUT2D eigenvalue weighted by Crippen LogP contribution is 2.16. The van der Waals surface area contributed by atoms with Gasteiger partial charge in [-0.2, -0.15) is 0 Å². The van der Waals surface area contributed by atoms with Crippen LogP contribution in [0, 0.1) is 0 Å². The fourth-order valence-electron chi connectivity index (χ4n) is 9.18. The Morgan fingerprint density at radius 2 is 0.481 bits per heavy atom. The zero-order chi connectivity index (χ0) is 58.5. The van der Waals surface area contributed by atoms with Crippen LogP contribution in [0.4, 0.5) is 0 Å². The molecular weight excluding hydrogens is 997 g/mol. The van der Waals surface area contributed by atoms with Gasteiger partial charge in [-0.3, -0.25) is 14.4 Å². The van der Waals surface area contributed by atoms with Gasteiger partial charge in [0.05, 0.1) is 0 Å². The number of esters is 3. The van der Waals surface area contributed by atoms with Crippen molar-refractivity contribution in [1.29, 1.82) is 0 Å². The minimum atomic E-state index is -0.794. The average molecular weight is 1120 g/mol. The molecule has 0 bridgehead atoms. The van der Waals surface area contributed by atoms with Crippen molar-refractivity contribution < 1.29 is 28.6 Å². The average Bonchev–Trinajstić information content (AvgIpc) is 3.46. The molecule has 1 atom stereocenters. The molecule has 6 nitrogen and oxygen atoms in total. The lowest BCUT2D eigenvalue weighted by molar-refractivity contribution is -0.167. The fourth-order valence-corrected chi connectivity index (χ4v) is 9.18. The van der Waals surface area contributed by atoms with E-state index in [1.807, 2.05) is 0 Å².